The molecule has 0 aliphatic heterocycles. The Balaban J connectivity index is 1.37. The number of hydrogen-bond donors (Lipinski definition) is 1. The highest BCUT2D eigenvalue weighted by atomic mass is 32.2. The third-order valence-corrected chi connectivity index (χ3v) is 10.6. The zero-order chi connectivity index (χ0) is 26.6. The molecule has 3 aliphatic rings. The van der Waals surface area contributed by atoms with Crippen LogP contribution in [-0.4, -0.2) is 30.2 Å². The van der Waals surface area contributed by atoms with Crippen LogP contribution in [0.15, 0.2) is 47.6 Å². The Labute approximate surface area is 214 Å². The summed E-state index contributed by atoms with van der Waals surface area (Å²) in [5, 5.41) is 8.81. The summed E-state index contributed by atoms with van der Waals surface area (Å²) in [4.78, 5) is 14.9. The van der Waals surface area contributed by atoms with Gasteiger partial charge in [-0.3, -0.25) is 9.78 Å². The van der Waals surface area contributed by atoms with E-state index in [0.29, 0.717) is 17.4 Å². The van der Waals surface area contributed by atoms with E-state index in [0.717, 1.165) is 49.4 Å². The molecule has 1 heterocycles. The third-order valence-electron chi connectivity index (χ3n) is 8.82. The molecule has 198 valence electrons. The second-order valence-electron chi connectivity index (χ2n) is 10.9. The van der Waals surface area contributed by atoms with Crippen molar-refractivity contribution < 1.29 is 31.5 Å². The molecule has 1 fully saturated rings. The molecule has 0 saturated heterocycles. The quantitative estimate of drug-likeness (QED) is 0.472. The topological polar surface area (TPSA) is 84.3 Å². The number of alkyl halides is 3. The van der Waals surface area contributed by atoms with Gasteiger partial charge in [0.25, 0.3) is 0 Å². The van der Waals surface area contributed by atoms with E-state index >= 15 is 0 Å². The van der Waals surface area contributed by atoms with Crippen LogP contribution in [0, 0.1) is 17.3 Å². The van der Waals surface area contributed by atoms with Gasteiger partial charge in [-0.25, -0.2) is 8.42 Å². The Bertz CT molecular complexity index is 1370. The van der Waals surface area contributed by atoms with Crippen molar-refractivity contribution in [1.29, 1.82) is 0 Å². The number of aromatic nitrogens is 1. The first-order valence-electron chi connectivity index (χ1n) is 12.7. The van der Waals surface area contributed by atoms with E-state index in [4.69, 9.17) is 5.11 Å². The molecule has 4 atom stereocenters. The van der Waals surface area contributed by atoms with Crippen molar-refractivity contribution in [2.45, 2.75) is 68.9 Å². The van der Waals surface area contributed by atoms with Crippen LogP contribution in [0.1, 0.15) is 73.6 Å². The number of halogens is 3. The Morgan fingerprint density at radius 2 is 1.97 bits per heavy atom. The fourth-order valence-electron chi connectivity index (χ4n) is 7.04. The fraction of sp³-hybridized carbons (Fsp3) is 0.500. The number of hydrogen-bond acceptors (Lipinski definition) is 4. The minimum atomic E-state index is -4.43. The first-order chi connectivity index (χ1) is 17.4. The monoisotopic (exact) mass is 533 g/mol. The van der Waals surface area contributed by atoms with Crippen LogP contribution in [0.5, 0.6) is 0 Å². The number of aryl methyl sites for hydroxylation is 1. The van der Waals surface area contributed by atoms with E-state index in [9.17, 15) is 26.4 Å². The summed E-state index contributed by atoms with van der Waals surface area (Å²) in [6.45, 7) is 2.18. The highest BCUT2D eigenvalue weighted by molar-refractivity contribution is 7.91. The zero-order valence-electron chi connectivity index (χ0n) is 20.6. The SMILES string of the molecule is C[C@]12CCC3c4ccc(S(=O)(=O)CCCC(=O)O)cc4CCC3C1CC=C2c1cncc(C(F)(F)F)c1. The zero-order valence-corrected chi connectivity index (χ0v) is 21.4. The van der Waals surface area contributed by atoms with Crippen molar-refractivity contribution >= 4 is 21.4 Å². The summed E-state index contributed by atoms with van der Waals surface area (Å²) < 4.78 is 65.5. The van der Waals surface area contributed by atoms with Gasteiger partial charge in [0.15, 0.2) is 9.84 Å². The molecule has 5 rings (SSSR count). The van der Waals surface area contributed by atoms with Crippen LogP contribution in [-0.2, 0) is 27.2 Å². The van der Waals surface area contributed by atoms with E-state index in [2.05, 4.69) is 18.0 Å². The molecule has 37 heavy (non-hydrogen) atoms. The number of aliphatic carboxylic acids is 1. The highest BCUT2D eigenvalue weighted by Crippen LogP contribution is 2.63. The second-order valence-corrected chi connectivity index (χ2v) is 13.0. The minimum Gasteiger partial charge on any atom is -0.481 e. The van der Waals surface area contributed by atoms with Crippen molar-refractivity contribution in [3.8, 4) is 0 Å². The van der Waals surface area contributed by atoms with Gasteiger partial charge in [0.1, 0.15) is 0 Å². The summed E-state index contributed by atoms with van der Waals surface area (Å²) in [6, 6.07) is 6.56. The lowest BCUT2D eigenvalue weighted by atomic mass is 9.54. The molecule has 1 aromatic heterocycles. The Kier molecular flexibility index (Phi) is 6.49. The van der Waals surface area contributed by atoms with Gasteiger partial charge < -0.3 is 5.11 Å². The summed E-state index contributed by atoms with van der Waals surface area (Å²) in [5.74, 6) is -0.230. The van der Waals surface area contributed by atoms with Gasteiger partial charge in [-0.2, -0.15) is 13.2 Å². The molecule has 0 spiro atoms. The molecule has 1 saturated carbocycles. The summed E-state index contributed by atoms with van der Waals surface area (Å²) in [5.41, 5.74) is 2.77. The second kappa shape index (κ2) is 9.26. The lowest BCUT2D eigenvalue weighted by Crippen LogP contribution is -2.41. The molecular weight excluding hydrogens is 503 g/mol. The number of fused-ring (bicyclic) bond motifs is 5. The standard InChI is InChI=1S/C28H30F3NO4S/c1-27-11-10-22-21-7-5-20(37(35,36)12-2-3-26(33)34)14-17(21)4-6-23(22)25(27)9-8-24(27)18-13-19(16-32-15-18)28(29,30)31/h5,7-8,13-16,22-23,25H,2-4,6,9-12H2,1H3,(H,33,34)/t22?,23?,25?,27-/m1/s1. The molecular formula is C28H30F3NO4S. The number of allylic oxidation sites excluding steroid dienone is 2. The predicted octanol–water partition coefficient (Wildman–Crippen LogP) is 6.29. The lowest BCUT2D eigenvalue weighted by Gasteiger charge is -2.50. The van der Waals surface area contributed by atoms with E-state index in [-0.39, 0.29) is 34.8 Å². The number of rotatable bonds is 6. The van der Waals surface area contributed by atoms with Crippen molar-refractivity contribution in [3.05, 3.63) is 65.0 Å². The first kappa shape index (κ1) is 25.9. The lowest BCUT2D eigenvalue weighted by molar-refractivity contribution is -0.138. The molecule has 2 aromatic rings. The molecule has 0 amide bonds. The largest absolute Gasteiger partial charge is 0.481 e. The number of carboxylic acid groups (broad SMARTS) is 1. The van der Waals surface area contributed by atoms with Crippen LogP contribution in [0.4, 0.5) is 13.2 Å². The smallest absolute Gasteiger partial charge is 0.417 e. The van der Waals surface area contributed by atoms with Crippen molar-refractivity contribution in [2.75, 3.05) is 5.75 Å². The fourth-order valence-corrected chi connectivity index (χ4v) is 8.40. The molecule has 0 bridgehead atoms. The number of benzene rings is 1. The van der Waals surface area contributed by atoms with Gasteiger partial charge in [0, 0.05) is 18.8 Å². The van der Waals surface area contributed by atoms with Gasteiger partial charge in [0.05, 0.1) is 16.2 Å². The van der Waals surface area contributed by atoms with Crippen molar-refractivity contribution in [2.24, 2.45) is 17.3 Å². The maximum absolute atomic E-state index is 13.3. The van der Waals surface area contributed by atoms with E-state index in [1.807, 2.05) is 6.07 Å². The number of sulfone groups is 1. The molecule has 3 aliphatic carbocycles. The average Bonchev–Trinajstić information content (AvgIpc) is 3.20. The number of nitrogens with zero attached hydrogens (tertiary/aromatic N) is 1. The van der Waals surface area contributed by atoms with E-state index in [1.165, 1.54) is 17.8 Å². The molecule has 5 nitrogen and oxygen atoms in total. The summed E-state index contributed by atoms with van der Waals surface area (Å²) in [6.07, 6.45) is 4.18. The predicted molar refractivity (Wildman–Crippen MR) is 133 cm³/mol. The average molecular weight is 534 g/mol. The van der Waals surface area contributed by atoms with Crippen LogP contribution in [0.25, 0.3) is 5.57 Å². The van der Waals surface area contributed by atoms with Gasteiger partial charge >= 0.3 is 12.1 Å². The molecule has 3 unspecified atom stereocenters. The maximum Gasteiger partial charge on any atom is 0.417 e. The number of pyridine rings is 1. The minimum absolute atomic E-state index is 0.0798. The van der Waals surface area contributed by atoms with Gasteiger partial charge in [-0.05, 0) is 102 Å². The highest BCUT2D eigenvalue weighted by Gasteiger charge is 2.52. The summed E-state index contributed by atoms with van der Waals surface area (Å²) in [7, 11) is -3.55. The third kappa shape index (κ3) is 4.71. The van der Waals surface area contributed by atoms with Gasteiger partial charge in [-0.15, -0.1) is 0 Å². The molecule has 9 heteroatoms. The normalized spacial score (nSPS) is 27.1. The Morgan fingerprint density at radius 3 is 2.70 bits per heavy atom. The van der Waals surface area contributed by atoms with Crippen LogP contribution in [0.3, 0.4) is 0 Å². The van der Waals surface area contributed by atoms with Crippen LogP contribution in [0.2, 0.25) is 0 Å². The molecule has 0 radical (unpaired) electrons. The van der Waals surface area contributed by atoms with Gasteiger partial charge in [0.2, 0.25) is 0 Å². The molecule has 1 aromatic carbocycles. The van der Waals surface area contributed by atoms with Crippen LogP contribution < -0.4 is 0 Å². The first-order valence-corrected chi connectivity index (χ1v) is 14.4. The Hall–Kier alpha value is -2.68. The van der Waals surface area contributed by atoms with E-state index in [1.54, 1.807) is 12.1 Å². The van der Waals surface area contributed by atoms with Gasteiger partial charge in [-0.1, -0.05) is 19.1 Å². The van der Waals surface area contributed by atoms with Crippen molar-refractivity contribution in [1.82, 2.24) is 4.98 Å². The maximum atomic E-state index is 13.3. The Morgan fingerprint density at radius 1 is 1.19 bits per heavy atom. The number of carbonyl (C=O) groups is 1. The number of carboxylic acids is 1. The molecule has 1 N–H and O–H groups in total. The van der Waals surface area contributed by atoms with Crippen LogP contribution >= 0.6 is 0 Å². The summed E-state index contributed by atoms with van der Waals surface area (Å²) >= 11 is 0. The van der Waals surface area contributed by atoms with Crippen molar-refractivity contribution in [3.63, 3.8) is 0 Å². The van der Waals surface area contributed by atoms with E-state index < -0.39 is 27.5 Å².